The second kappa shape index (κ2) is 9.79. The lowest BCUT2D eigenvalue weighted by Gasteiger charge is -2.49. The molecule has 1 saturated carbocycles. The van der Waals surface area contributed by atoms with Crippen molar-refractivity contribution in [2.75, 3.05) is 25.0 Å². The quantitative estimate of drug-likeness (QED) is 0.401. The van der Waals surface area contributed by atoms with E-state index < -0.39 is 35.9 Å². The van der Waals surface area contributed by atoms with Gasteiger partial charge in [0.15, 0.2) is 17.5 Å². The Balaban J connectivity index is 0.00000289. The Kier molecular flexibility index (Phi) is 7.29. The molecule has 1 aliphatic carbocycles. The largest absolute Gasteiger partial charge is 1.00 e. The van der Waals surface area contributed by atoms with Crippen LogP contribution in [0.15, 0.2) is 35.2 Å². The molecule has 3 saturated heterocycles. The van der Waals surface area contributed by atoms with Gasteiger partial charge in [0.1, 0.15) is 6.54 Å². The highest BCUT2D eigenvalue weighted by atomic mass is 79.9. The minimum atomic E-state index is -2.92. The zero-order chi connectivity index (χ0) is 24.0. The molecule has 35 heavy (non-hydrogen) atoms. The first kappa shape index (κ1) is 26.1. The van der Waals surface area contributed by atoms with Crippen LogP contribution in [0.25, 0.3) is 0 Å². The summed E-state index contributed by atoms with van der Waals surface area (Å²) < 4.78 is 34.0. The van der Waals surface area contributed by atoms with Crippen molar-refractivity contribution in [1.29, 1.82) is 0 Å². The molecule has 2 N–H and O–H groups in total. The second-order valence-corrected chi connectivity index (χ2v) is 10.4. The molecule has 3 aliphatic heterocycles. The molecule has 4 aliphatic rings. The van der Waals surface area contributed by atoms with Crippen LogP contribution in [0.5, 0.6) is 0 Å². The van der Waals surface area contributed by atoms with E-state index in [0.29, 0.717) is 31.7 Å². The number of ether oxygens (including phenoxy) is 1. The molecule has 190 valence electrons. The number of halogens is 3. The molecule has 0 radical (unpaired) electrons. The highest BCUT2D eigenvalue weighted by Crippen LogP contribution is 2.49. The number of carbonyl (C=O) groups excluding carboxylic acids is 2. The van der Waals surface area contributed by atoms with Gasteiger partial charge in [0, 0.05) is 49.3 Å². The molecule has 2 unspecified atom stereocenters. The number of quaternary nitrogens is 1. The van der Waals surface area contributed by atoms with E-state index in [1.165, 1.54) is 17.5 Å². The van der Waals surface area contributed by atoms with Crippen LogP contribution >= 0.6 is 11.3 Å². The molecular formula is C23H27BrF2N4O4S. The van der Waals surface area contributed by atoms with Crippen molar-refractivity contribution in [3.05, 3.63) is 40.7 Å². The van der Waals surface area contributed by atoms with Crippen molar-refractivity contribution in [3.63, 3.8) is 0 Å². The number of amides is 2. The van der Waals surface area contributed by atoms with Crippen LogP contribution in [0.1, 0.15) is 37.7 Å². The van der Waals surface area contributed by atoms with Crippen molar-refractivity contribution in [2.45, 2.75) is 49.7 Å². The van der Waals surface area contributed by atoms with Crippen LogP contribution in [0.2, 0.25) is 0 Å². The summed E-state index contributed by atoms with van der Waals surface area (Å²) in [5.74, 6) is -4.35. The Hall–Kier alpha value is -2.02. The highest BCUT2D eigenvalue weighted by Gasteiger charge is 2.57. The maximum atomic E-state index is 14.0. The molecule has 2 amide bonds. The van der Waals surface area contributed by atoms with Crippen molar-refractivity contribution < 1.29 is 49.7 Å². The minimum absolute atomic E-state index is 0. The van der Waals surface area contributed by atoms with Gasteiger partial charge in [-0.1, -0.05) is 0 Å². The molecular weight excluding hydrogens is 546 g/mol. The van der Waals surface area contributed by atoms with Gasteiger partial charge in [-0.2, -0.15) is 16.4 Å². The topological polar surface area (TPSA) is 101 Å². The second-order valence-electron chi connectivity index (χ2n) is 9.67. The van der Waals surface area contributed by atoms with E-state index in [1.807, 2.05) is 0 Å². The first-order valence-electron chi connectivity index (χ1n) is 11.5. The molecule has 2 bridgehead atoms. The number of hydrogen-bond acceptors (Lipinski definition) is 7. The monoisotopic (exact) mass is 572 g/mol. The average molecular weight is 573 g/mol. The SMILES string of the molecule is O=C(OC1C[N+]2(C(=O)Nc3cccnn3)CCC1CC2)[C@](O)(c1ccsc1)C1CCC(F)(F)C1.[Br-]. The lowest BCUT2D eigenvalue weighted by atomic mass is 9.80. The van der Waals surface area contributed by atoms with Crippen molar-refractivity contribution in [1.82, 2.24) is 10.2 Å². The number of aromatic nitrogens is 2. The van der Waals surface area contributed by atoms with E-state index in [-0.39, 0.29) is 58.4 Å². The Labute approximate surface area is 216 Å². The summed E-state index contributed by atoms with van der Waals surface area (Å²) >= 11 is 1.28. The Morgan fingerprint density at radius 2 is 2.03 bits per heavy atom. The minimum Gasteiger partial charge on any atom is -1.00 e. The van der Waals surface area contributed by atoms with E-state index in [9.17, 15) is 23.5 Å². The van der Waals surface area contributed by atoms with E-state index in [2.05, 4.69) is 15.5 Å². The standard InChI is InChI=1S/C23H26F2N4O4S.BrH/c24-22(25)7-3-16(12-22)23(32,17-6-11-34-14-17)20(30)33-18-13-29(9-4-15(18)5-10-29)21(31)27-19-2-1-8-26-28-19;/h1-2,6,8,11,14-16,18,32H,3-5,7,9-10,12-13H2;1H/t15?,16?,18?,23-,29?;/m1./s1. The number of urea groups is 1. The average Bonchev–Trinajstić information content (AvgIpc) is 3.50. The van der Waals surface area contributed by atoms with Gasteiger partial charge in [0.2, 0.25) is 5.92 Å². The fourth-order valence-corrected chi connectivity index (χ4v) is 6.39. The van der Waals surface area contributed by atoms with E-state index in [0.717, 1.165) is 0 Å². The summed E-state index contributed by atoms with van der Waals surface area (Å²) in [7, 11) is 0. The molecule has 0 spiro atoms. The predicted octanol–water partition coefficient (Wildman–Crippen LogP) is 0.549. The fraction of sp³-hybridized carbons (Fsp3) is 0.565. The first-order valence-corrected chi connectivity index (χ1v) is 12.5. The van der Waals surface area contributed by atoms with Crippen molar-refractivity contribution in [2.24, 2.45) is 11.8 Å². The Morgan fingerprint density at radius 3 is 2.63 bits per heavy atom. The molecule has 12 heteroatoms. The highest BCUT2D eigenvalue weighted by molar-refractivity contribution is 7.08. The van der Waals surface area contributed by atoms with Crippen LogP contribution in [0, 0.1) is 11.8 Å². The first-order chi connectivity index (χ1) is 16.2. The number of anilines is 1. The molecule has 5 heterocycles. The van der Waals surface area contributed by atoms with Crippen LogP contribution in [0.3, 0.4) is 0 Å². The van der Waals surface area contributed by atoms with Crippen molar-refractivity contribution >= 4 is 29.2 Å². The van der Waals surface area contributed by atoms with Gasteiger partial charge in [-0.25, -0.2) is 22.9 Å². The van der Waals surface area contributed by atoms with Gasteiger partial charge >= 0.3 is 12.0 Å². The van der Waals surface area contributed by atoms with Gasteiger partial charge in [0.05, 0.1) is 13.1 Å². The number of thiophene rings is 1. The zero-order valence-electron chi connectivity index (χ0n) is 18.9. The number of aliphatic hydroxyl groups is 1. The van der Waals surface area contributed by atoms with Gasteiger partial charge in [-0.3, -0.25) is 5.32 Å². The maximum absolute atomic E-state index is 14.0. The van der Waals surface area contributed by atoms with Crippen LogP contribution in [-0.2, 0) is 15.1 Å². The van der Waals surface area contributed by atoms with Crippen LogP contribution < -0.4 is 22.3 Å². The van der Waals surface area contributed by atoms with Crippen LogP contribution in [0.4, 0.5) is 19.4 Å². The lowest BCUT2D eigenvalue weighted by molar-refractivity contribution is -0.869. The summed E-state index contributed by atoms with van der Waals surface area (Å²) in [6.07, 6.45) is 1.39. The summed E-state index contributed by atoms with van der Waals surface area (Å²) in [6.45, 7) is 1.48. The Morgan fingerprint density at radius 1 is 1.26 bits per heavy atom. The van der Waals surface area contributed by atoms with Crippen LogP contribution in [-0.4, -0.2) is 63.4 Å². The van der Waals surface area contributed by atoms with Gasteiger partial charge < -0.3 is 26.8 Å². The smallest absolute Gasteiger partial charge is 0.422 e. The molecule has 4 fully saturated rings. The molecule has 2 aromatic rings. The third-order valence-electron chi connectivity index (χ3n) is 7.67. The van der Waals surface area contributed by atoms with E-state index in [4.69, 9.17) is 4.74 Å². The Bertz CT molecular complexity index is 1050. The number of alkyl halides is 2. The summed E-state index contributed by atoms with van der Waals surface area (Å²) in [5, 5.41) is 25.3. The van der Waals surface area contributed by atoms with Gasteiger partial charge in [-0.05, 0) is 35.4 Å². The van der Waals surface area contributed by atoms with Crippen molar-refractivity contribution in [3.8, 4) is 0 Å². The molecule has 0 aromatic carbocycles. The number of esters is 1. The number of carbonyl (C=O) groups is 2. The number of hydrogen-bond donors (Lipinski definition) is 2. The molecule has 6 rings (SSSR count). The normalized spacial score (nSPS) is 30.7. The number of rotatable bonds is 5. The summed E-state index contributed by atoms with van der Waals surface area (Å²) in [6, 6.07) is 4.66. The number of nitrogens with one attached hydrogen (secondary N) is 1. The number of piperidine rings is 3. The maximum Gasteiger partial charge on any atom is 0.422 e. The fourth-order valence-electron chi connectivity index (χ4n) is 5.68. The zero-order valence-corrected chi connectivity index (χ0v) is 21.3. The molecule has 3 atom stereocenters. The van der Waals surface area contributed by atoms with Gasteiger partial charge in [-0.15, -0.1) is 5.10 Å². The summed E-state index contributed by atoms with van der Waals surface area (Å²) in [4.78, 5) is 26.6. The van der Waals surface area contributed by atoms with Gasteiger partial charge in [0.25, 0.3) is 0 Å². The molecule has 8 nitrogen and oxygen atoms in total. The lowest BCUT2D eigenvalue weighted by Crippen LogP contribution is -3.00. The summed E-state index contributed by atoms with van der Waals surface area (Å²) in [5.41, 5.74) is -1.85. The third-order valence-corrected chi connectivity index (χ3v) is 8.36. The van der Waals surface area contributed by atoms with E-state index >= 15 is 0 Å². The van der Waals surface area contributed by atoms with E-state index in [1.54, 1.807) is 29.0 Å². The third kappa shape index (κ3) is 4.85. The predicted molar refractivity (Wildman–Crippen MR) is 119 cm³/mol. The number of fused-ring (bicyclic) bond motifs is 3. The number of nitrogens with zero attached hydrogens (tertiary/aromatic N) is 3. The molecule has 2 aromatic heterocycles.